The zero-order valence-corrected chi connectivity index (χ0v) is 18.4. The number of aliphatic imine (C=N–C) groups is 1. The molecule has 0 aliphatic carbocycles. The summed E-state index contributed by atoms with van der Waals surface area (Å²) in [5, 5.41) is 21.3. The van der Waals surface area contributed by atoms with Gasteiger partial charge in [0.1, 0.15) is 18.0 Å². The van der Waals surface area contributed by atoms with Crippen LogP contribution in [0.3, 0.4) is 0 Å². The number of hydrogen-bond donors (Lipinski definition) is 3. The van der Waals surface area contributed by atoms with Crippen LogP contribution in [-0.4, -0.2) is 33.9 Å². The summed E-state index contributed by atoms with van der Waals surface area (Å²) in [4.78, 5) is 4.64. The highest BCUT2D eigenvalue weighted by Crippen LogP contribution is 2.18. The van der Waals surface area contributed by atoms with Crippen LogP contribution in [0.4, 0.5) is 0 Å². The van der Waals surface area contributed by atoms with Crippen molar-refractivity contribution in [3.05, 3.63) is 83.7 Å². The van der Waals surface area contributed by atoms with Crippen LogP contribution in [0.1, 0.15) is 30.5 Å². The summed E-state index contributed by atoms with van der Waals surface area (Å²) in [6, 6.07) is 18.0. The van der Waals surface area contributed by atoms with Crippen molar-refractivity contribution in [2.45, 2.75) is 32.6 Å². The Morgan fingerprint density at radius 3 is 2.45 bits per heavy atom. The van der Waals surface area contributed by atoms with Gasteiger partial charge in [-0.3, -0.25) is 4.68 Å². The summed E-state index contributed by atoms with van der Waals surface area (Å²) in [5.41, 5.74) is 1.91. The molecule has 0 aliphatic heterocycles. The Morgan fingerprint density at radius 1 is 1.10 bits per heavy atom. The van der Waals surface area contributed by atoms with Gasteiger partial charge in [-0.15, -0.1) is 0 Å². The molecular formula is C24H31N5O2. The van der Waals surface area contributed by atoms with Gasteiger partial charge >= 0.3 is 0 Å². The number of nitrogens with zero attached hydrogens (tertiary/aromatic N) is 3. The third-order valence-corrected chi connectivity index (χ3v) is 4.86. The monoisotopic (exact) mass is 421 g/mol. The molecule has 1 atom stereocenters. The van der Waals surface area contributed by atoms with E-state index in [9.17, 15) is 5.11 Å². The molecule has 1 aromatic heterocycles. The van der Waals surface area contributed by atoms with Gasteiger partial charge in [-0.2, -0.15) is 5.10 Å². The second-order valence-corrected chi connectivity index (χ2v) is 7.64. The number of hydrogen-bond acceptors (Lipinski definition) is 4. The molecule has 0 bridgehead atoms. The van der Waals surface area contributed by atoms with Gasteiger partial charge in [0.15, 0.2) is 5.96 Å². The lowest BCUT2D eigenvalue weighted by atomic mass is 10.00. The summed E-state index contributed by atoms with van der Waals surface area (Å²) in [7, 11) is 1.83. The van der Waals surface area contributed by atoms with Gasteiger partial charge in [0.05, 0.1) is 19.3 Å². The largest absolute Gasteiger partial charge is 0.489 e. The van der Waals surface area contributed by atoms with Crippen LogP contribution < -0.4 is 15.4 Å². The lowest BCUT2D eigenvalue weighted by molar-refractivity contribution is 0.0616. The van der Waals surface area contributed by atoms with E-state index in [-0.39, 0.29) is 0 Å². The second kappa shape index (κ2) is 10.6. The van der Waals surface area contributed by atoms with E-state index in [0.717, 1.165) is 29.0 Å². The Kier molecular flexibility index (Phi) is 7.67. The van der Waals surface area contributed by atoms with Gasteiger partial charge in [0, 0.05) is 25.4 Å². The summed E-state index contributed by atoms with van der Waals surface area (Å²) in [6.07, 6.45) is 3.49. The molecule has 3 N–H and O–H groups in total. The minimum absolute atomic E-state index is 0.320. The predicted molar refractivity (Wildman–Crippen MR) is 123 cm³/mol. The first-order chi connectivity index (χ1) is 15.0. The average Bonchev–Trinajstić information content (AvgIpc) is 3.23. The van der Waals surface area contributed by atoms with E-state index in [0.29, 0.717) is 25.7 Å². The predicted octanol–water partition coefficient (Wildman–Crippen LogP) is 2.96. The van der Waals surface area contributed by atoms with Gasteiger partial charge in [-0.05, 0) is 37.1 Å². The van der Waals surface area contributed by atoms with Crippen LogP contribution >= 0.6 is 0 Å². The van der Waals surface area contributed by atoms with Crippen LogP contribution in [-0.2, 0) is 25.8 Å². The summed E-state index contributed by atoms with van der Waals surface area (Å²) < 4.78 is 7.46. The van der Waals surface area contributed by atoms with Gasteiger partial charge in [-0.25, -0.2) is 4.99 Å². The van der Waals surface area contributed by atoms with E-state index in [4.69, 9.17) is 4.74 Å². The molecule has 0 fully saturated rings. The van der Waals surface area contributed by atoms with Crippen molar-refractivity contribution in [1.82, 2.24) is 20.4 Å². The van der Waals surface area contributed by atoms with E-state index >= 15 is 0 Å². The number of benzene rings is 2. The fraction of sp³-hybridized carbons (Fsp3) is 0.333. The number of aryl methyl sites for hydroxylation is 1. The highest BCUT2D eigenvalue weighted by molar-refractivity contribution is 5.79. The maximum Gasteiger partial charge on any atom is 0.191 e. The molecule has 1 heterocycles. The number of aliphatic hydroxyl groups is 1. The molecular weight excluding hydrogens is 390 g/mol. The van der Waals surface area contributed by atoms with Gasteiger partial charge < -0.3 is 20.5 Å². The van der Waals surface area contributed by atoms with Crippen molar-refractivity contribution in [2.75, 3.05) is 13.1 Å². The third-order valence-electron chi connectivity index (χ3n) is 4.86. The average molecular weight is 422 g/mol. The molecule has 0 amide bonds. The number of guanidine groups is 1. The third kappa shape index (κ3) is 6.86. The SMILES string of the molecule is CCNC(=NCc1ccc(COc2ccccc2)cc1)NCC(C)(O)c1cnn(C)c1. The van der Waals surface area contributed by atoms with Crippen LogP contribution in [0.5, 0.6) is 5.75 Å². The fourth-order valence-corrected chi connectivity index (χ4v) is 2.99. The highest BCUT2D eigenvalue weighted by Gasteiger charge is 2.24. The molecule has 0 spiro atoms. The Morgan fingerprint density at radius 2 is 1.81 bits per heavy atom. The van der Waals surface area contributed by atoms with E-state index < -0.39 is 5.60 Å². The number of ether oxygens (including phenoxy) is 1. The lowest BCUT2D eigenvalue weighted by Crippen LogP contribution is -2.44. The lowest BCUT2D eigenvalue weighted by Gasteiger charge is -2.23. The second-order valence-electron chi connectivity index (χ2n) is 7.64. The zero-order chi connectivity index (χ0) is 22.1. The number of nitrogens with one attached hydrogen (secondary N) is 2. The van der Waals surface area contributed by atoms with E-state index in [1.165, 1.54) is 0 Å². The quantitative estimate of drug-likeness (QED) is 0.365. The normalized spacial score (nSPS) is 13.5. The van der Waals surface area contributed by atoms with Gasteiger partial charge in [-0.1, -0.05) is 42.5 Å². The summed E-state index contributed by atoms with van der Waals surface area (Å²) in [5.74, 6) is 1.52. The van der Waals surface area contributed by atoms with E-state index in [1.54, 1.807) is 17.8 Å². The first-order valence-electron chi connectivity index (χ1n) is 10.5. The maximum atomic E-state index is 10.8. The fourth-order valence-electron chi connectivity index (χ4n) is 2.99. The first-order valence-corrected chi connectivity index (χ1v) is 10.5. The molecule has 164 valence electrons. The van der Waals surface area contributed by atoms with Crippen molar-refractivity contribution in [1.29, 1.82) is 0 Å². The van der Waals surface area contributed by atoms with Crippen LogP contribution in [0, 0.1) is 0 Å². The molecule has 31 heavy (non-hydrogen) atoms. The van der Waals surface area contributed by atoms with Crippen molar-refractivity contribution in [3.8, 4) is 5.75 Å². The minimum atomic E-state index is -1.05. The Bertz CT molecular complexity index is 965. The first kappa shape index (κ1) is 22.4. The van der Waals surface area contributed by atoms with Crippen LogP contribution in [0.2, 0.25) is 0 Å². The molecule has 1 unspecified atom stereocenters. The maximum absolute atomic E-state index is 10.8. The molecule has 0 radical (unpaired) electrons. The Balaban J connectivity index is 1.54. The summed E-state index contributed by atoms with van der Waals surface area (Å²) in [6.45, 7) is 5.89. The Labute approximate surface area is 183 Å². The van der Waals surface area contributed by atoms with Crippen molar-refractivity contribution >= 4 is 5.96 Å². The smallest absolute Gasteiger partial charge is 0.191 e. The molecule has 0 saturated heterocycles. The Hall–Kier alpha value is -3.32. The number of para-hydroxylation sites is 1. The molecule has 2 aromatic carbocycles. The van der Waals surface area contributed by atoms with Crippen molar-refractivity contribution in [2.24, 2.45) is 12.0 Å². The molecule has 3 rings (SSSR count). The van der Waals surface area contributed by atoms with E-state index in [2.05, 4.69) is 45.0 Å². The highest BCUT2D eigenvalue weighted by atomic mass is 16.5. The van der Waals surface area contributed by atoms with Crippen LogP contribution in [0.15, 0.2) is 72.0 Å². The molecule has 0 aliphatic rings. The minimum Gasteiger partial charge on any atom is -0.489 e. The molecule has 7 nitrogen and oxygen atoms in total. The number of rotatable bonds is 9. The van der Waals surface area contributed by atoms with Gasteiger partial charge in [0.2, 0.25) is 0 Å². The summed E-state index contributed by atoms with van der Waals surface area (Å²) >= 11 is 0. The topological polar surface area (TPSA) is 83.7 Å². The van der Waals surface area contributed by atoms with Crippen molar-refractivity contribution < 1.29 is 9.84 Å². The zero-order valence-electron chi connectivity index (χ0n) is 18.4. The number of aromatic nitrogens is 2. The van der Waals surface area contributed by atoms with Crippen molar-refractivity contribution in [3.63, 3.8) is 0 Å². The standard InChI is InChI=1S/C24H31N5O2/c1-4-25-23(27-18-24(2,30)21-15-28-29(3)16-21)26-14-19-10-12-20(13-11-19)17-31-22-8-6-5-7-9-22/h5-13,15-16,30H,4,14,17-18H2,1-3H3,(H2,25,26,27). The molecule has 0 saturated carbocycles. The van der Waals surface area contributed by atoms with Gasteiger partial charge in [0.25, 0.3) is 0 Å². The van der Waals surface area contributed by atoms with E-state index in [1.807, 2.05) is 50.5 Å². The van der Waals surface area contributed by atoms with Crippen LogP contribution in [0.25, 0.3) is 0 Å². The molecule has 7 heteroatoms. The molecule has 3 aromatic rings.